The second-order valence-corrected chi connectivity index (χ2v) is 5.97. The summed E-state index contributed by atoms with van der Waals surface area (Å²) in [5.74, 6) is 0.620. The van der Waals surface area contributed by atoms with E-state index in [2.05, 4.69) is 17.5 Å². The van der Waals surface area contributed by atoms with E-state index in [0.29, 0.717) is 5.92 Å². The van der Waals surface area contributed by atoms with Gasteiger partial charge in [0.1, 0.15) is 0 Å². The summed E-state index contributed by atoms with van der Waals surface area (Å²) in [4.78, 5) is 4.71. The number of aliphatic hydroxyl groups excluding tert-OH is 1. The smallest absolute Gasteiger partial charge is 0.0935 e. The predicted octanol–water partition coefficient (Wildman–Crippen LogP) is 3.51. The molecule has 0 saturated heterocycles. The maximum Gasteiger partial charge on any atom is 0.0935 e. The fourth-order valence-corrected chi connectivity index (χ4v) is 3.55. The first-order chi connectivity index (χ1) is 8.81. The van der Waals surface area contributed by atoms with Gasteiger partial charge in [0, 0.05) is 17.4 Å². The molecule has 94 valence electrons. The van der Waals surface area contributed by atoms with E-state index < -0.39 is 0 Å². The van der Waals surface area contributed by atoms with Crippen molar-refractivity contribution in [1.82, 2.24) is 4.98 Å². The molecule has 1 aliphatic carbocycles. The van der Waals surface area contributed by atoms with Crippen molar-refractivity contribution in [2.75, 3.05) is 0 Å². The number of hydrogen-bond donors (Lipinski definition) is 1. The number of thiazole rings is 1. The van der Waals surface area contributed by atoms with Crippen molar-refractivity contribution in [3.63, 3.8) is 0 Å². The monoisotopic (exact) mass is 259 g/mol. The molecule has 0 bridgehead atoms. The number of aliphatic hydroxyl groups is 1. The lowest BCUT2D eigenvalue weighted by Gasteiger charge is -2.05. The second-order valence-electron chi connectivity index (χ2n) is 5.03. The number of nitrogens with zero attached hydrogens (tertiary/aromatic N) is 1. The third-order valence-electron chi connectivity index (χ3n) is 3.60. The maximum absolute atomic E-state index is 9.54. The first-order valence-corrected chi connectivity index (χ1v) is 7.37. The quantitative estimate of drug-likeness (QED) is 0.915. The van der Waals surface area contributed by atoms with E-state index in [-0.39, 0.29) is 6.10 Å². The third-order valence-corrected chi connectivity index (χ3v) is 4.47. The van der Waals surface area contributed by atoms with Crippen molar-refractivity contribution >= 4 is 11.3 Å². The summed E-state index contributed by atoms with van der Waals surface area (Å²) in [7, 11) is 0. The Morgan fingerprint density at radius 3 is 2.78 bits per heavy atom. The van der Waals surface area contributed by atoms with Crippen LogP contribution in [-0.2, 0) is 6.42 Å². The van der Waals surface area contributed by atoms with E-state index in [1.165, 1.54) is 10.6 Å². The Hall–Kier alpha value is -1.19. The normalized spacial score (nSPS) is 23.4. The largest absolute Gasteiger partial charge is 0.393 e. The van der Waals surface area contributed by atoms with Crippen LogP contribution in [0.2, 0.25) is 0 Å². The molecule has 0 amide bonds. The average Bonchev–Trinajstić information content (AvgIpc) is 3.01. The fraction of sp³-hybridized carbons (Fsp3) is 0.400. The van der Waals surface area contributed by atoms with Crippen LogP contribution in [0.1, 0.15) is 24.3 Å². The molecule has 0 aliphatic heterocycles. The van der Waals surface area contributed by atoms with Gasteiger partial charge < -0.3 is 5.11 Å². The highest BCUT2D eigenvalue weighted by Crippen LogP contribution is 2.30. The molecule has 1 aromatic heterocycles. The second kappa shape index (κ2) is 5.21. The Morgan fingerprint density at radius 1 is 1.22 bits per heavy atom. The molecule has 2 nitrogen and oxygen atoms in total. The van der Waals surface area contributed by atoms with Crippen molar-refractivity contribution < 1.29 is 5.11 Å². The molecule has 1 aromatic carbocycles. The first-order valence-electron chi connectivity index (χ1n) is 6.49. The zero-order chi connectivity index (χ0) is 12.4. The highest BCUT2D eigenvalue weighted by Gasteiger charge is 2.23. The van der Waals surface area contributed by atoms with Crippen LogP contribution in [0.3, 0.4) is 0 Å². The Bertz CT molecular complexity index is 508. The Labute approximate surface area is 111 Å². The van der Waals surface area contributed by atoms with Crippen molar-refractivity contribution in [2.45, 2.75) is 31.8 Å². The van der Waals surface area contributed by atoms with Crippen molar-refractivity contribution in [2.24, 2.45) is 5.92 Å². The van der Waals surface area contributed by atoms with Gasteiger partial charge in [0.05, 0.1) is 16.8 Å². The van der Waals surface area contributed by atoms with Crippen LogP contribution in [0.15, 0.2) is 35.7 Å². The van der Waals surface area contributed by atoms with Crippen molar-refractivity contribution in [3.8, 4) is 11.3 Å². The number of rotatable bonds is 3. The van der Waals surface area contributed by atoms with Gasteiger partial charge in [-0.15, -0.1) is 11.3 Å². The molecular weight excluding hydrogens is 242 g/mol. The number of benzene rings is 1. The molecule has 1 aliphatic rings. The Morgan fingerprint density at radius 2 is 2.06 bits per heavy atom. The molecule has 3 heteroatoms. The van der Waals surface area contributed by atoms with Gasteiger partial charge in [0.2, 0.25) is 0 Å². The lowest BCUT2D eigenvalue weighted by atomic mass is 10.0. The van der Waals surface area contributed by atoms with Crippen LogP contribution in [0.5, 0.6) is 0 Å². The van der Waals surface area contributed by atoms with Gasteiger partial charge in [-0.1, -0.05) is 30.3 Å². The summed E-state index contributed by atoms with van der Waals surface area (Å²) in [6.07, 6.45) is 3.99. The van der Waals surface area contributed by atoms with E-state index >= 15 is 0 Å². The highest BCUT2D eigenvalue weighted by atomic mass is 32.1. The van der Waals surface area contributed by atoms with Crippen molar-refractivity contribution in [1.29, 1.82) is 0 Å². The van der Waals surface area contributed by atoms with Crippen LogP contribution in [0.25, 0.3) is 11.3 Å². The minimum atomic E-state index is -0.0800. The van der Waals surface area contributed by atoms with E-state index in [9.17, 15) is 5.11 Å². The maximum atomic E-state index is 9.54. The molecule has 1 saturated carbocycles. The molecule has 18 heavy (non-hydrogen) atoms. The topological polar surface area (TPSA) is 33.1 Å². The van der Waals surface area contributed by atoms with Gasteiger partial charge >= 0.3 is 0 Å². The van der Waals surface area contributed by atoms with Gasteiger partial charge in [0.25, 0.3) is 0 Å². The molecule has 2 aromatic rings. The van der Waals surface area contributed by atoms with Gasteiger partial charge in [-0.05, 0) is 25.2 Å². The molecule has 0 radical (unpaired) electrons. The zero-order valence-electron chi connectivity index (χ0n) is 10.2. The molecule has 1 N–H and O–H groups in total. The summed E-state index contributed by atoms with van der Waals surface area (Å²) in [6.45, 7) is 0. The highest BCUT2D eigenvalue weighted by molar-refractivity contribution is 7.09. The third kappa shape index (κ3) is 2.62. The molecular formula is C15H17NOS. The summed E-state index contributed by atoms with van der Waals surface area (Å²) in [5.41, 5.74) is 2.26. The standard InChI is InChI=1S/C15H17NOS/c17-13-7-6-11(8-13)9-15-16-14(10-18-15)12-4-2-1-3-5-12/h1-5,10-11,13,17H,6-9H2. The molecule has 0 spiro atoms. The summed E-state index contributed by atoms with van der Waals surface area (Å²) < 4.78 is 0. The van der Waals surface area contributed by atoms with E-state index in [1.807, 2.05) is 18.2 Å². The fourth-order valence-electron chi connectivity index (χ4n) is 2.63. The van der Waals surface area contributed by atoms with Crippen molar-refractivity contribution in [3.05, 3.63) is 40.7 Å². The SMILES string of the molecule is OC1CCC(Cc2nc(-c3ccccc3)cs2)C1. The van der Waals surface area contributed by atoms with Crippen LogP contribution >= 0.6 is 11.3 Å². The van der Waals surface area contributed by atoms with Crippen LogP contribution in [0.4, 0.5) is 0 Å². The van der Waals surface area contributed by atoms with E-state index in [1.54, 1.807) is 11.3 Å². The number of hydrogen-bond acceptors (Lipinski definition) is 3. The predicted molar refractivity (Wildman–Crippen MR) is 74.6 cm³/mol. The lowest BCUT2D eigenvalue weighted by Crippen LogP contribution is -2.02. The van der Waals surface area contributed by atoms with Crippen LogP contribution < -0.4 is 0 Å². The van der Waals surface area contributed by atoms with Crippen LogP contribution in [-0.4, -0.2) is 16.2 Å². The lowest BCUT2D eigenvalue weighted by molar-refractivity contribution is 0.177. The molecule has 3 rings (SSSR count). The summed E-state index contributed by atoms with van der Waals surface area (Å²) in [6, 6.07) is 10.3. The number of aromatic nitrogens is 1. The molecule has 1 heterocycles. The first kappa shape index (κ1) is 11.9. The minimum absolute atomic E-state index is 0.0800. The minimum Gasteiger partial charge on any atom is -0.393 e. The zero-order valence-corrected chi connectivity index (χ0v) is 11.1. The van der Waals surface area contributed by atoms with Gasteiger partial charge in [-0.25, -0.2) is 4.98 Å². The van der Waals surface area contributed by atoms with Gasteiger partial charge in [-0.2, -0.15) is 0 Å². The van der Waals surface area contributed by atoms with E-state index in [4.69, 9.17) is 4.98 Å². The summed E-state index contributed by atoms with van der Waals surface area (Å²) in [5, 5.41) is 12.9. The van der Waals surface area contributed by atoms with Gasteiger partial charge in [-0.3, -0.25) is 0 Å². The summed E-state index contributed by atoms with van der Waals surface area (Å²) >= 11 is 1.74. The molecule has 2 atom stereocenters. The van der Waals surface area contributed by atoms with E-state index in [0.717, 1.165) is 31.4 Å². The molecule has 2 unspecified atom stereocenters. The Balaban J connectivity index is 1.70. The van der Waals surface area contributed by atoms with Gasteiger partial charge in [0.15, 0.2) is 0 Å². The average molecular weight is 259 g/mol. The molecule has 1 fully saturated rings. The Kier molecular flexibility index (Phi) is 3.43. The van der Waals surface area contributed by atoms with Crippen LogP contribution in [0, 0.1) is 5.92 Å².